The van der Waals surface area contributed by atoms with Gasteiger partial charge in [-0.2, -0.15) is 0 Å². The molecule has 0 fully saturated rings. The quantitative estimate of drug-likeness (QED) is 0.897. The molecule has 0 saturated heterocycles. The van der Waals surface area contributed by atoms with E-state index < -0.39 is 0 Å². The number of hydrogen-bond acceptors (Lipinski definition) is 4. The van der Waals surface area contributed by atoms with Crippen molar-refractivity contribution in [2.45, 2.75) is 33.2 Å². The third kappa shape index (κ3) is 2.82. The molecule has 2 aromatic heterocycles. The van der Waals surface area contributed by atoms with Crippen molar-refractivity contribution in [3.8, 4) is 0 Å². The van der Waals surface area contributed by atoms with Crippen LogP contribution in [0.5, 0.6) is 0 Å². The molecule has 1 N–H and O–H groups in total. The summed E-state index contributed by atoms with van der Waals surface area (Å²) in [7, 11) is 0. The minimum Gasteiger partial charge on any atom is -0.361 e. The topological polar surface area (TPSA) is 37.8 Å². The van der Waals surface area contributed by atoms with Crippen LogP contribution >= 0.6 is 11.3 Å². The first kappa shape index (κ1) is 12.0. The van der Waals surface area contributed by atoms with Crippen LogP contribution in [0.3, 0.4) is 0 Å². The number of aromatic nitrogens is 2. The minimum absolute atomic E-state index is 0.274. The van der Waals surface area contributed by atoms with Crippen molar-refractivity contribution in [2.75, 3.05) is 5.32 Å². The molecule has 2 rings (SSSR count). The van der Waals surface area contributed by atoms with Crippen molar-refractivity contribution in [3.63, 3.8) is 0 Å². The first-order valence-corrected chi connectivity index (χ1v) is 6.64. The van der Waals surface area contributed by atoms with Gasteiger partial charge in [-0.1, -0.05) is 6.92 Å². The monoisotopic (exact) mass is 247 g/mol. The summed E-state index contributed by atoms with van der Waals surface area (Å²) in [5, 5.41) is 3.36. The molecule has 1 unspecified atom stereocenters. The van der Waals surface area contributed by atoms with Gasteiger partial charge in [0.2, 0.25) is 0 Å². The number of rotatable bonds is 4. The van der Waals surface area contributed by atoms with E-state index in [-0.39, 0.29) is 6.04 Å². The summed E-state index contributed by atoms with van der Waals surface area (Å²) in [5.41, 5.74) is 1.39. The number of nitrogens with zero attached hydrogens (tertiary/aromatic N) is 2. The highest BCUT2D eigenvalue weighted by Gasteiger charge is 2.11. The largest absolute Gasteiger partial charge is 0.361 e. The Morgan fingerprint density at radius 2 is 2.24 bits per heavy atom. The van der Waals surface area contributed by atoms with Crippen LogP contribution in [-0.4, -0.2) is 9.97 Å². The van der Waals surface area contributed by atoms with Crippen molar-refractivity contribution < 1.29 is 0 Å². The zero-order valence-corrected chi connectivity index (χ0v) is 11.2. The number of anilines is 1. The fourth-order valence-corrected chi connectivity index (χ4v) is 2.90. The molecule has 17 heavy (non-hydrogen) atoms. The molecule has 0 spiro atoms. The summed E-state index contributed by atoms with van der Waals surface area (Å²) in [6.45, 7) is 6.52. The molecule has 2 heterocycles. The molecule has 0 aliphatic heterocycles. The van der Waals surface area contributed by atoms with Crippen LogP contribution < -0.4 is 5.32 Å². The van der Waals surface area contributed by atoms with Crippen LogP contribution in [0.4, 0.5) is 5.82 Å². The smallest absolute Gasteiger partial charge is 0.144 e. The molecule has 2 aromatic rings. The third-order valence-electron chi connectivity index (χ3n) is 2.72. The van der Waals surface area contributed by atoms with E-state index in [1.165, 1.54) is 15.3 Å². The van der Waals surface area contributed by atoms with Crippen LogP contribution in [0.15, 0.2) is 24.7 Å². The summed E-state index contributed by atoms with van der Waals surface area (Å²) in [4.78, 5) is 11.1. The van der Waals surface area contributed by atoms with Gasteiger partial charge >= 0.3 is 0 Å². The highest BCUT2D eigenvalue weighted by Crippen LogP contribution is 2.28. The molecule has 1 atom stereocenters. The van der Waals surface area contributed by atoms with Crippen molar-refractivity contribution >= 4 is 17.2 Å². The lowest BCUT2D eigenvalue weighted by molar-refractivity contribution is 0.891. The summed E-state index contributed by atoms with van der Waals surface area (Å²) in [5.74, 6) is 0.823. The lowest BCUT2D eigenvalue weighted by Crippen LogP contribution is -2.06. The predicted octanol–water partition coefficient (Wildman–Crippen LogP) is 3.58. The Balaban J connectivity index is 2.12. The number of hydrogen-bond donors (Lipinski definition) is 1. The van der Waals surface area contributed by atoms with Crippen LogP contribution in [0.1, 0.15) is 35.2 Å². The minimum atomic E-state index is 0.274. The molecular formula is C13H17N3S. The highest BCUT2D eigenvalue weighted by atomic mass is 32.1. The fraction of sp³-hybridized carbons (Fsp3) is 0.385. The maximum atomic E-state index is 4.22. The summed E-state index contributed by atoms with van der Waals surface area (Å²) < 4.78 is 0. The van der Waals surface area contributed by atoms with E-state index in [0.717, 1.165) is 12.2 Å². The third-order valence-corrected chi connectivity index (χ3v) is 4.28. The Morgan fingerprint density at radius 3 is 2.82 bits per heavy atom. The van der Waals surface area contributed by atoms with Crippen LogP contribution in [0.25, 0.3) is 0 Å². The molecule has 0 radical (unpaired) electrons. The van der Waals surface area contributed by atoms with Crippen molar-refractivity contribution in [1.82, 2.24) is 9.97 Å². The molecular weight excluding hydrogens is 230 g/mol. The molecule has 0 aliphatic rings. The Kier molecular flexibility index (Phi) is 3.74. The standard InChI is InChI=1S/C13H17N3S/c1-4-11-9(2)7-12(17-11)10(3)16-13-8-14-5-6-15-13/h5-8,10H,4H2,1-3H3,(H,15,16). The van der Waals surface area contributed by atoms with E-state index in [9.17, 15) is 0 Å². The molecule has 4 heteroatoms. The van der Waals surface area contributed by atoms with E-state index in [2.05, 4.69) is 42.1 Å². The summed E-state index contributed by atoms with van der Waals surface area (Å²) in [6.07, 6.45) is 6.23. The first-order chi connectivity index (χ1) is 8.20. The fourth-order valence-electron chi connectivity index (χ4n) is 1.78. The van der Waals surface area contributed by atoms with Gasteiger partial charge in [-0.15, -0.1) is 11.3 Å². The highest BCUT2D eigenvalue weighted by molar-refractivity contribution is 7.12. The van der Waals surface area contributed by atoms with E-state index in [1.807, 2.05) is 11.3 Å². The average molecular weight is 247 g/mol. The van der Waals surface area contributed by atoms with Gasteiger partial charge in [-0.3, -0.25) is 4.98 Å². The van der Waals surface area contributed by atoms with Crippen LogP contribution in [0, 0.1) is 6.92 Å². The van der Waals surface area contributed by atoms with Crippen molar-refractivity contribution in [3.05, 3.63) is 40.0 Å². The van der Waals surface area contributed by atoms with E-state index >= 15 is 0 Å². The SMILES string of the molecule is CCc1sc(C(C)Nc2cnccn2)cc1C. The predicted molar refractivity (Wildman–Crippen MR) is 72.5 cm³/mol. The van der Waals surface area contributed by atoms with Gasteiger partial charge in [0, 0.05) is 22.1 Å². The molecule has 0 amide bonds. The molecule has 90 valence electrons. The molecule has 0 aliphatic carbocycles. The first-order valence-electron chi connectivity index (χ1n) is 5.82. The average Bonchev–Trinajstić information content (AvgIpc) is 2.72. The van der Waals surface area contributed by atoms with Gasteiger partial charge in [0.15, 0.2) is 0 Å². The second kappa shape index (κ2) is 5.27. The molecule has 0 aromatic carbocycles. The van der Waals surface area contributed by atoms with Gasteiger partial charge in [-0.25, -0.2) is 4.98 Å². The zero-order valence-electron chi connectivity index (χ0n) is 10.4. The Morgan fingerprint density at radius 1 is 1.41 bits per heavy atom. The number of aryl methyl sites for hydroxylation is 2. The Hall–Kier alpha value is -1.42. The van der Waals surface area contributed by atoms with Gasteiger partial charge in [0.05, 0.1) is 12.2 Å². The maximum Gasteiger partial charge on any atom is 0.144 e. The van der Waals surface area contributed by atoms with E-state index in [4.69, 9.17) is 0 Å². The normalized spacial score (nSPS) is 12.4. The Bertz CT molecular complexity index is 479. The van der Waals surface area contributed by atoms with E-state index in [1.54, 1.807) is 18.6 Å². The lowest BCUT2D eigenvalue weighted by Gasteiger charge is -2.11. The summed E-state index contributed by atoms with van der Waals surface area (Å²) >= 11 is 1.88. The van der Waals surface area contributed by atoms with Gasteiger partial charge in [0.1, 0.15) is 5.82 Å². The number of nitrogens with one attached hydrogen (secondary N) is 1. The van der Waals surface area contributed by atoms with Gasteiger partial charge in [-0.05, 0) is 31.9 Å². The second-order valence-corrected chi connectivity index (χ2v) is 5.23. The van der Waals surface area contributed by atoms with Gasteiger partial charge in [0.25, 0.3) is 0 Å². The van der Waals surface area contributed by atoms with Crippen LogP contribution in [-0.2, 0) is 6.42 Å². The van der Waals surface area contributed by atoms with E-state index in [0.29, 0.717) is 0 Å². The zero-order chi connectivity index (χ0) is 12.3. The maximum absolute atomic E-state index is 4.22. The van der Waals surface area contributed by atoms with Crippen molar-refractivity contribution in [1.29, 1.82) is 0 Å². The summed E-state index contributed by atoms with van der Waals surface area (Å²) in [6, 6.07) is 2.54. The van der Waals surface area contributed by atoms with Crippen LogP contribution in [0.2, 0.25) is 0 Å². The van der Waals surface area contributed by atoms with Crippen molar-refractivity contribution in [2.24, 2.45) is 0 Å². The molecule has 0 bridgehead atoms. The van der Waals surface area contributed by atoms with Gasteiger partial charge < -0.3 is 5.32 Å². The second-order valence-electron chi connectivity index (χ2n) is 4.07. The molecule has 3 nitrogen and oxygen atoms in total. The lowest BCUT2D eigenvalue weighted by atomic mass is 10.2. The Labute approximate surface area is 106 Å². The number of thiophene rings is 1. The molecule has 0 saturated carbocycles.